The number of hydrogen-bond acceptors (Lipinski definition) is 1. The van der Waals surface area contributed by atoms with Crippen LogP contribution in [0.5, 0.6) is 0 Å². The molecule has 1 aromatic rings. The first-order valence-corrected chi connectivity index (χ1v) is 5.13. The van der Waals surface area contributed by atoms with Crippen molar-refractivity contribution in [1.82, 2.24) is 4.90 Å². The quantitative estimate of drug-likeness (QED) is 0.745. The van der Waals surface area contributed by atoms with Crippen molar-refractivity contribution < 1.29 is 4.39 Å². The van der Waals surface area contributed by atoms with Gasteiger partial charge >= 0.3 is 0 Å². The Bertz CT molecular complexity index is 301. The Labute approximate surface area is 89.5 Å². The molecule has 0 saturated heterocycles. The molecule has 14 heavy (non-hydrogen) atoms. The number of rotatable bonds is 4. The Hall–Kier alpha value is -0.600. The van der Waals surface area contributed by atoms with E-state index < -0.39 is 0 Å². The molecule has 1 aromatic carbocycles. The van der Waals surface area contributed by atoms with Crippen molar-refractivity contribution in [2.45, 2.75) is 19.9 Å². The Morgan fingerprint density at radius 3 is 2.71 bits per heavy atom. The Morgan fingerprint density at radius 1 is 1.43 bits per heavy atom. The van der Waals surface area contributed by atoms with Crippen molar-refractivity contribution in [2.24, 2.45) is 0 Å². The highest BCUT2D eigenvalue weighted by Crippen LogP contribution is 2.16. The van der Waals surface area contributed by atoms with Gasteiger partial charge in [0.25, 0.3) is 0 Å². The van der Waals surface area contributed by atoms with Crippen LogP contribution in [0.2, 0.25) is 5.02 Å². The molecule has 0 aromatic heterocycles. The number of benzene rings is 1. The van der Waals surface area contributed by atoms with Crippen LogP contribution >= 0.6 is 11.6 Å². The van der Waals surface area contributed by atoms with E-state index in [-0.39, 0.29) is 10.8 Å². The normalized spacial score (nSPS) is 10.9. The van der Waals surface area contributed by atoms with Crippen LogP contribution in [0.4, 0.5) is 4.39 Å². The van der Waals surface area contributed by atoms with Crippen LogP contribution in [0, 0.1) is 5.82 Å². The summed E-state index contributed by atoms with van der Waals surface area (Å²) in [5, 5.41) is 0.201. The zero-order chi connectivity index (χ0) is 10.6. The minimum atomic E-state index is -0.353. The molecular weight excluding hydrogens is 201 g/mol. The molecule has 0 aliphatic heterocycles. The van der Waals surface area contributed by atoms with E-state index in [1.807, 2.05) is 7.05 Å². The van der Waals surface area contributed by atoms with Crippen LogP contribution in [0.25, 0.3) is 0 Å². The van der Waals surface area contributed by atoms with Crippen LogP contribution < -0.4 is 0 Å². The highest BCUT2D eigenvalue weighted by molar-refractivity contribution is 6.30. The lowest BCUT2D eigenvalue weighted by Crippen LogP contribution is -2.18. The van der Waals surface area contributed by atoms with E-state index in [1.165, 1.54) is 6.07 Å². The third kappa shape index (κ3) is 3.28. The molecule has 1 nitrogen and oxygen atoms in total. The second-order valence-corrected chi connectivity index (χ2v) is 3.89. The molecule has 78 valence electrons. The summed E-state index contributed by atoms with van der Waals surface area (Å²) < 4.78 is 12.8. The predicted molar refractivity (Wildman–Crippen MR) is 58.0 cm³/mol. The van der Waals surface area contributed by atoms with Gasteiger partial charge in [-0.2, -0.15) is 0 Å². The van der Waals surface area contributed by atoms with Crippen molar-refractivity contribution in [2.75, 3.05) is 13.6 Å². The maximum atomic E-state index is 12.8. The van der Waals surface area contributed by atoms with Crippen molar-refractivity contribution in [3.8, 4) is 0 Å². The van der Waals surface area contributed by atoms with Crippen LogP contribution in [-0.2, 0) is 6.54 Å². The molecule has 3 heteroatoms. The second kappa shape index (κ2) is 5.32. The Kier molecular flexibility index (Phi) is 4.36. The summed E-state index contributed by atoms with van der Waals surface area (Å²) in [7, 11) is 2.04. The first-order valence-electron chi connectivity index (χ1n) is 4.76. The third-order valence-electron chi connectivity index (χ3n) is 2.04. The van der Waals surface area contributed by atoms with Gasteiger partial charge in [0.2, 0.25) is 0 Å². The molecule has 0 atom stereocenters. The molecule has 0 N–H and O–H groups in total. The summed E-state index contributed by atoms with van der Waals surface area (Å²) in [5.74, 6) is -0.353. The van der Waals surface area contributed by atoms with Gasteiger partial charge in [-0.25, -0.2) is 4.39 Å². The number of halogens is 2. The Morgan fingerprint density at radius 2 is 2.14 bits per heavy atom. The summed E-state index contributed by atoms with van der Waals surface area (Å²) in [6, 6.07) is 4.87. The van der Waals surface area contributed by atoms with E-state index in [9.17, 15) is 4.39 Å². The summed E-state index contributed by atoms with van der Waals surface area (Å²) in [4.78, 5) is 2.18. The lowest BCUT2D eigenvalue weighted by atomic mass is 10.2. The molecule has 0 aliphatic carbocycles. The fraction of sp³-hybridized carbons (Fsp3) is 0.455. The van der Waals surface area contributed by atoms with Crippen molar-refractivity contribution in [1.29, 1.82) is 0 Å². The smallest absolute Gasteiger partial charge is 0.141 e. The average Bonchev–Trinajstić information content (AvgIpc) is 2.12. The lowest BCUT2D eigenvalue weighted by Gasteiger charge is -2.15. The van der Waals surface area contributed by atoms with Crippen LogP contribution in [0.3, 0.4) is 0 Å². The number of nitrogens with zero attached hydrogens (tertiary/aromatic N) is 1. The topological polar surface area (TPSA) is 3.24 Å². The minimum absolute atomic E-state index is 0.201. The fourth-order valence-electron chi connectivity index (χ4n) is 1.41. The second-order valence-electron chi connectivity index (χ2n) is 3.49. The van der Waals surface area contributed by atoms with Gasteiger partial charge in [-0.3, -0.25) is 0 Å². The van der Waals surface area contributed by atoms with Gasteiger partial charge in [-0.05, 0) is 37.7 Å². The van der Waals surface area contributed by atoms with Gasteiger partial charge in [0.05, 0.1) is 5.02 Å². The maximum Gasteiger partial charge on any atom is 0.141 e. The van der Waals surface area contributed by atoms with Gasteiger partial charge in [0.1, 0.15) is 5.82 Å². The molecule has 0 amide bonds. The van der Waals surface area contributed by atoms with Gasteiger partial charge < -0.3 is 4.90 Å². The lowest BCUT2D eigenvalue weighted by molar-refractivity contribution is 0.327. The Balaban J connectivity index is 2.63. The van der Waals surface area contributed by atoms with E-state index in [1.54, 1.807) is 12.1 Å². The van der Waals surface area contributed by atoms with E-state index in [0.29, 0.717) is 0 Å². The molecule has 0 saturated carbocycles. The summed E-state index contributed by atoms with van der Waals surface area (Å²) in [5.41, 5.74) is 1.05. The van der Waals surface area contributed by atoms with Crippen LogP contribution in [0.15, 0.2) is 18.2 Å². The average molecular weight is 216 g/mol. The van der Waals surface area contributed by atoms with Crippen LogP contribution in [-0.4, -0.2) is 18.5 Å². The van der Waals surface area contributed by atoms with E-state index in [2.05, 4.69) is 11.8 Å². The van der Waals surface area contributed by atoms with E-state index in [0.717, 1.165) is 25.1 Å². The maximum absolute atomic E-state index is 12.8. The summed E-state index contributed by atoms with van der Waals surface area (Å²) >= 11 is 5.68. The molecule has 0 aliphatic rings. The zero-order valence-electron chi connectivity index (χ0n) is 8.56. The molecule has 0 unspecified atom stereocenters. The molecule has 0 heterocycles. The minimum Gasteiger partial charge on any atom is -0.302 e. The number of hydrogen-bond donors (Lipinski definition) is 0. The van der Waals surface area contributed by atoms with Crippen molar-refractivity contribution in [3.05, 3.63) is 34.6 Å². The molecule has 0 spiro atoms. The zero-order valence-corrected chi connectivity index (χ0v) is 9.31. The summed E-state index contributed by atoms with van der Waals surface area (Å²) in [6.45, 7) is 3.98. The highest BCUT2D eigenvalue weighted by atomic mass is 35.5. The van der Waals surface area contributed by atoms with E-state index in [4.69, 9.17) is 11.6 Å². The van der Waals surface area contributed by atoms with Gasteiger partial charge in [-0.1, -0.05) is 24.6 Å². The third-order valence-corrected chi connectivity index (χ3v) is 2.33. The SMILES string of the molecule is CCCN(C)Cc1ccc(F)c(Cl)c1. The predicted octanol–water partition coefficient (Wildman–Crippen LogP) is 3.32. The van der Waals surface area contributed by atoms with Crippen LogP contribution in [0.1, 0.15) is 18.9 Å². The molecule has 0 fully saturated rings. The first-order chi connectivity index (χ1) is 6.63. The first kappa shape index (κ1) is 11.5. The van der Waals surface area contributed by atoms with Gasteiger partial charge in [-0.15, -0.1) is 0 Å². The van der Waals surface area contributed by atoms with Gasteiger partial charge in [0.15, 0.2) is 0 Å². The highest BCUT2D eigenvalue weighted by Gasteiger charge is 2.03. The molecule has 0 bridgehead atoms. The van der Waals surface area contributed by atoms with E-state index >= 15 is 0 Å². The molecule has 0 radical (unpaired) electrons. The molecule has 1 rings (SSSR count). The fourth-order valence-corrected chi connectivity index (χ4v) is 1.61. The summed E-state index contributed by atoms with van der Waals surface area (Å²) in [6.07, 6.45) is 1.12. The monoisotopic (exact) mass is 215 g/mol. The standard InChI is InChI=1S/C11H15ClFN/c1-3-6-14(2)8-9-4-5-11(13)10(12)7-9/h4-5,7H,3,6,8H2,1-2H3. The van der Waals surface area contributed by atoms with Crippen molar-refractivity contribution in [3.63, 3.8) is 0 Å². The largest absolute Gasteiger partial charge is 0.302 e. The van der Waals surface area contributed by atoms with Gasteiger partial charge in [0, 0.05) is 6.54 Å². The van der Waals surface area contributed by atoms with Crippen molar-refractivity contribution >= 4 is 11.6 Å². The molecular formula is C11H15ClFN.